The Hall–Kier alpha value is -1.07. The van der Waals surface area contributed by atoms with Crippen LogP contribution >= 0.6 is 0 Å². The van der Waals surface area contributed by atoms with Crippen molar-refractivity contribution in [3.8, 4) is 0 Å². The number of hydrogen-bond donors (Lipinski definition) is 1. The maximum Gasteiger partial charge on any atom is 0.242 e. The van der Waals surface area contributed by atoms with Crippen molar-refractivity contribution in [2.24, 2.45) is 5.92 Å². The molecule has 0 heterocycles. The van der Waals surface area contributed by atoms with Crippen molar-refractivity contribution in [2.45, 2.75) is 17.7 Å². The molecule has 0 spiro atoms. The van der Waals surface area contributed by atoms with Crippen LogP contribution < -0.4 is 5.73 Å². The fourth-order valence-electron chi connectivity index (χ4n) is 1.62. The van der Waals surface area contributed by atoms with Crippen LogP contribution in [0, 0.1) is 5.92 Å². The first-order valence-corrected chi connectivity index (χ1v) is 6.76. The topological polar surface area (TPSA) is 63.4 Å². The van der Waals surface area contributed by atoms with Gasteiger partial charge in [0, 0.05) is 19.3 Å². The van der Waals surface area contributed by atoms with Crippen LogP contribution in [0.25, 0.3) is 0 Å². The van der Waals surface area contributed by atoms with Gasteiger partial charge in [-0.05, 0) is 37.0 Å². The smallest absolute Gasteiger partial charge is 0.242 e. The molecule has 1 fully saturated rings. The lowest BCUT2D eigenvalue weighted by Crippen LogP contribution is -2.28. The van der Waals surface area contributed by atoms with Crippen molar-refractivity contribution in [1.29, 1.82) is 0 Å². The van der Waals surface area contributed by atoms with E-state index in [4.69, 9.17) is 5.73 Å². The number of benzene rings is 1. The van der Waals surface area contributed by atoms with E-state index in [1.807, 2.05) is 0 Å². The Bertz CT molecular complexity index is 481. The molecule has 2 N–H and O–H groups in total. The molecular weight excluding hydrogens is 224 g/mol. The molecule has 0 aromatic heterocycles. The number of rotatable bonds is 4. The first-order valence-electron chi connectivity index (χ1n) is 5.32. The van der Waals surface area contributed by atoms with E-state index in [9.17, 15) is 8.42 Å². The Balaban J connectivity index is 2.23. The average molecular weight is 240 g/mol. The Labute approximate surface area is 96.1 Å². The molecule has 0 radical (unpaired) electrons. The highest BCUT2D eigenvalue weighted by atomic mass is 32.2. The Morgan fingerprint density at radius 1 is 1.44 bits per heavy atom. The van der Waals surface area contributed by atoms with Gasteiger partial charge in [-0.3, -0.25) is 0 Å². The van der Waals surface area contributed by atoms with Crippen molar-refractivity contribution in [3.63, 3.8) is 0 Å². The average Bonchev–Trinajstić information content (AvgIpc) is 3.01. The summed E-state index contributed by atoms with van der Waals surface area (Å²) in [5, 5.41) is 0. The van der Waals surface area contributed by atoms with Crippen LogP contribution in [0.15, 0.2) is 29.2 Å². The monoisotopic (exact) mass is 240 g/mol. The summed E-state index contributed by atoms with van der Waals surface area (Å²) >= 11 is 0. The van der Waals surface area contributed by atoms with Crippen molar-refractivity contribution in [1.82, 2.24) is 4.31 Å². The molecule has 16 heavy (non-hydrogen) atoms. The molecule has 0 unspecified atom stereocenters. The highest BCUT2D eigenvalue weighted by Gasteiger charge is 2.29. The summed E-state index contributed by atoms with van der Waals surface area (Å²) in [5.74, 6) is 0.542. The molecule has 1 aliphatic carbocycles. The summed E-state index contributed by atoms with van der Waals surface area (Å²) in [6.07, 6.45) is 2.27. The van der Waals surface area contributed by atoms with E-state index in [-0.39, 0.29) is 4.90 Å². The van der Waals surface area contributed by atoms with Gasteiger partial charge in [0.15, 0.2) is 0 Å². The van der Waals surface area contributed by atoms with Gasteiger partial charge in [-0.25, -0.2) is 12.7 Å². The number of nitrogens with zero attached hydrogens (tertiary/aromatic N) is 1. The minimum atomic E-state index is -3.36. The van der Waals surface area contributed by atoms with Crippen LogP contribution in [-0.2, 0) is 10.0 Å². The van der Waals surface area contributed by atoms with E-state index in [0.717, 1.165) is 12.8 Å². The number of sulfonamides is 1. The Morgan fingerprint density at radius 3 is 2.69 bits per heavy atom. The SMILES string of the molecule is CN(CC1CC1)S(=O)(=O)c1cccc(N)c1. The molecule has 1 aromatic carbocycles. The second-order valence-corrected chi connectivity index (χ2v) is 6.35. The normalized spacial score (nSPS) is 16.6. The molecule has 0 aliphatic heterocycles. The molecule has 5 heteroatoms. The van der Waals surface area contributed by atoms with E-state index in [0.29, 0.717) is 18.2 Å². The minimum Gasteiger partial charge on any atom is -0.399 e. The van der Waals surface area contributed by atoms with E-state index in [1.165, 1.54) is 10.4 Å². The number of nitrogen functional groups attached to an aromatic ring is 1. The molecule has 4 nitrogen and oxygen atoms in total. The van der Waals surface area contributed by atoms with Gasteiger partial charge in [-0.15, -0.1) is 0 Å². The van der Waals surface area contributed by atoms with E-state index in [1.54, 1.807) is 25.2 Å². The largest absolute Gasteiger partial charge is 0.399 e. The molecule has 1 aliphatic rings. The molecule has 2 rings (SSSR count). The first kappa shape index (κ1) is 11.4. The lowest BCUT2D eigenvalue weighted by Gasteiger charge is -2.16. The van der Waals surface area contributed by atoms with Gasteiger partial charge in [0.25, 0.3) is 0 Å². The van der Waals surface area contributed by atoms with Crippen molar-refractivity contribution in [2.75, 3.05) is 19.3 Å². The van der Waals surface area contributed by atoms with Gasteiger partial charge in [-0.1, -0.05) is 6.07 Å². The van der Waals surface area contributed by atoms with Crippen LogP contribution in [0.3, 0.4) is 0 Å². The summed E-state index contributed by atoms with van der Waals surface area (Å²) in [7, 11) is -1.74. The summed E-state index contributed by atoms with van der Waals surface area (Å²) < 4.78 is 25.7. The van der Waals surface area contributed by atoms with Gasteiger partial charge in [0.2, 0.25) is 10.0 Å². The highest BCUT2D eigenvalue weighted by Crippen LogP contribution is 2.31. The van der Waals surface area contributed by atoms with Crippen molar-refractivity contribution in [3.05, 3.63) is 24.3 Å². The third-order valence-electron chi connectivity index (χ3n) is 2.78. The fourth-order valence-corrected chi connectivity index (χ4v) is 2.92. The number of anilines is 1. The van der Waals surface area contributed by atoms with Crippen molar-refractivity contribution >= 4 is 15.7 Å². The maximum atomic E-state index is 12.1. The van der Waals surface area contributed by atoms with Gasteiger partial charge in [0.05, 0.1) is 4.90 Å². The standard InChI is InChI=1S/C11H16N2O2S/c1-13(8-9-5-6-9)16(14,15)11-4-2-3-10(12)7-11/h2-4,7,9H,5-6,8,12H2,1H3. The van der Waals surface area contributed by atoms with Crippen molar-refractivity contribution < 1.29 is 8.42 Å². The zero-order valence-corrected chi connectivity index (χ0v) is 10.1. The van der Waals surface area contributed by atoms with Crippen LogP contribution in [0.5, 0.6) is 0 Å². The second-order valence-electron chi connectivity index (χ2n) is 4.30. The lowest BCUT2D eigenvalue weighted by atomic mass is 10.3. The second kappa shape index (κ2) is 4.07. The highest BCUT2D eigenvalue weighted by molar-refractivity contribution is 7.89. The third-order valence-corrected chi connectivity index (χ3v) is 4.60. The number of hydrogen-bond acceptors (Lipinski definition) is 3. The quantitative estimate of drug-likeness (QED) is 0.807. The maximum absolute atomic E-state index is 12.1. The Kier molecular flexibility index (Phi) is 2.90. The van der Waals surface area contributed by atoms with E-state index < -0.39 is 10.0 Å². The summed E-state index contributed by atoms with van der Waals surface area (Å²) in [6, 6.07) is 6.42. The molecule has 1 aromatic rings. The predicted molar refractivity (Wildman–Crippen MR) is 63.4 cm³/mol. The predicted octanol–water partition coefficient (Wildman–Crippen LogP) is 1.30. The van der Waals surface area contributed by atoms with Crippen LogP contribution in [0.4, 0.5) is 5.69 Å². The summed E-state index contributed by atoms with van der Waals surface area (Å²) in [6.45, 7) is 0.608. The number of nitrogens with two attached hydrogens (primary N) is 1. The minimum absolute atomic E-state index is 0.274. The van der Waals surface area contributed by atoms with Gasteiger partial charge >= 0.3 is 0 Å². The molecule has 0 amide bonds. The first-order chi connectivity index (χ1) is 7.50. The molecule has 0 saturated heterocycles. The van der Waals surface area contributed by atoms with E-state index in [2.05, 4.69) is 0 Å². The van der Waals surface area contributed by atoms with Crippen LogP contribution in [-0.4, -0.2) is 26.3 Å². The molecular formula is C11H16N2O2S. The molecule has 1 saturated carbocycles. The van der Waals surface area contributed by atoms with Crippen LogP contribution in [0.1, 0.15) is 12.8 Å². The van der Waals surface area contributed by atoms with Gasteiger partial charge < -0.3 is 5.73 Å². The van der Waals surface area contributed by atoms with Gasteiger partial charge in [0.1, 0.15) is 0 Å². The molecule has 0 atom stereocenters. The summed E-state index contributed by atoms with van der Waals surface area (Å²) in [4.78, 5) is 0.274. The third kappa shape index (κ3) is 2.36. The zero-order valence-electron chi connectivity index (χ0n) is 9.26. The molecule has 0 bridgehead atoms. The van der Waals surface area contributed by atoms with E-state index >= 15 is 0 Å². The Morgan fingerprint density at radius 2 is 2.12 bits per heavy atom. The van der Waals surface area contributed by atoms with Gasteiger partial charge in [-0.2, -0.15) is 0 Å². The lowest BCUT2D eigenvalue weighted by molar-refractivity contribution is 0.453. The molecule has 88 valence electrons. The zero-order chi connectivity index (χ0) is 11.8. The fraction of sp³-hybridized carbons (Fsp3) is 0.455. The summed E-state index contributed by atoms with van der Waals surface area (Å²) in [5.41, 5.74) is 6.06. The van der Waals surface area contributed by atoms with Crippen LogP contribution in [0.2, 0.25) is 0 Å².